The van der Waals surface area contributed by atoms with E-state index in [4.69, 9.17) is 17.6 Å². The number of carbonyl (C=O) groups is 3. The van der Waals surface area contributed by atoms with Crippen molar-refractivity contribution in [3.63, 3.8) is 0 Å². The van der Waals surface area contributed by atoms with Gasteiger partial charge in [-0.15, -0.1) is 17.4 Å². The van der Waals surface area contributed by atoms with Gasteiger partial charge in [-0.25, -0.2) is 4.79 Å². The van der Waals surface area contributed by atoms with Gasteiger partial charge in [0.15, 0.2) is 0 Å². The Balaban J connectivity index is 0.0000109. The first-order valence-corrected chi connectivity index (χ1v) is 38.2. The minimum absolute atomic E-state index is 0. The number of hydrogen-bond donors (Lipinski definition) is 3. The van der Waals surface area contributed by atoms with Crippen LogP contribution in [-0.4, -0.2) is 76.1 Å². The van der Waals surface area contributed by atoms with Crippen molar-refractivity contribution in [1.29, 1.82) is 0 Å². The van der Waals surface area contributed by atoms with Crippen LogP contribution in [0.4, 0.5) is 11.4 Å². The van der Waals surface area contributed by atoms with Crippen molar-refractivity contribution < 1.29 is 67.8 Å². The molecule has 2 amide bonds. The fourth-order valence-electron chi connectivity index (χ4n) is 12.4. The molecule has 3 N–H and O–H groups in total. The normalized spacial score (nSPS) is 11.1. The number of aromatic hydroxyl groups is 1. The molecule has 0 unspecified atom stereocenters. The van der Waals surface area contributed by atoms with Gasteiger partial charge in [-0.1, -0.05) is 86.7 Å². The molecule has 9 rings (SSSR count). The number of hydrogen-bond acceptors (Lipinski definition) is 12. The van der Waals surface area contributed by atoms with Gasteiger partial charge in [0.2, 0.25) is 29.3 Å². The molecule has 0 spiro atoms. The molecule has 15 nitrogen and oxygen atoms in total. The molecule has 0 radical (unpaired) electrons. The van der Waals surface area contributed by atoms with Crippen molar-refractivity contribution in [2.75, 3.05) is 12.0 Å². The molecule has 2 aliphatic heterocycles. The zero-order valence-electron chi connectivity index (χ0n) is 69.7. The van der Waals surface area contributed by atoms with E-state index in [1.807, 2.05) is 149 Å². The minimum Gasteiger partial charge on any atom is -0.507 e. The van der Waals surface area contributed by atoms with Crippen LogP contribution in [0.1, 0.15) is 103 Å². The number of para-hydroxylation sites is 1. The molecule has 3 aromatic carbocycles. The van der Waals surface area contributed by atoms with E-state index in [1.165, 1.54) is 7.11 Å². The monoisotopic (exact) mass is 1730 g/mol. The van der Waals surface area contributed by atoms with Gasteiger partial charge in [-0.05, 0) is 192 Å². The Kier molecular flexibility index (Phi) is 40.7. The molecule has 0 aliphatic carbocycles. The average Bonchev–Trinajstić information content (AvgIpc) is 1.78. The second-order valence-corrected chi connectivity index (χ2v) is 27.2. The Hall–Kier alpha value is -17.1. The summed E-state index contributed by atoms with van der Waals surface area (Å²) in [4.78, 5) is 66.2. The standard InChI is InChI=1S/C109H70N10O5.2Zn/c1-8-10-12-14-16-18-20-22-24-26-28-30-32-34-36-38-40-42-44-56-76-118-100-65-47-46-64-97(100)108(3,4)102(118)66-58-67-103-109(5,6)98-80-89(70-71-101(98)119(103)77-57-45-43-41-39-37-35-33-31-29-27-25-23-21-19-17-15-13-11-9-2)82-114-104(120)68-59-69-105(121)115-99(107(123)124-7)81-90-78-91(83-116(85-93-60-48-52-72-110-93)86-94-61-49-53-73-111-94)106(122)92(79-90)84-117(87-95-62-50-54-74-112-95)88-96-63-51-55-75-113-96;;/h1-2,46-55,58,60-67,70-75,78-80,99H,59,68-69,81-88H2,3-7H3,(H2-,114,115,120,121,122);;/q;;+2/p+1/t99-;;/m0../s1. The van der Waals surface area contributed by atoms with Crippen LogP contribution in [0.3, 0.4) is 0 Å². The first-order chi connectivity index (χ1) is 60.6. The number of phenols is 1. The zero-order valence-corrected chi connectivity index (χ0v) is 75.7. The van der Waals surface area contributed by atoms with E-state index in [1.54, 1.807) is 24.8 Å². The van der Waals surface area contributed by atoms with Gasteiger partial charge in [0.05, 0.1) is 46.9 Å². The fourth-order valence-corrected chi connectivity index (χ4v) is 12.4. The summed E-state index contributed by atoms with van der Waals surface area (Å²) < 4.78 is 7.24. The molecule has 1 atom stereocenters. The first kappa shape index (κ1) is 96.0. The molecule has 2 aliphatic rings. The smallest absolute Gasteiger partial charge is 0.507 e. The molecule has 0 fully saturated rings. The van der Waals surface area contributed by atoms with Crippen LogP contribution in [0.25, 0.3) is 0 Å². The van der Waals surface area contributed by atoms with E-state index in [0.717, 1.165) is 62.2 Å². The molecule has 588 valence electrons. The summed E-state index contributed by atoms with van der Waals surface area (Å²) in [5.74, 6) is 102. The Morgan fingerprint density at radius 1 is 0.484 bits per heavy atom. The van der Waals surface area contributed by atoms with Crippen LogP contribution in [0.5, 0.6) is 5.75 Å². The van der Waals surface area contributed by atoms with Crippen molar-refractivity contribution in [3.8, 4) is 268 Å². The molecule has 0 saturated heterocycles. The summed E-state index contributed by atoms with van der Waals surface area (Å²) in [6.45, 7) is 10.9. The SMILES string of the molecule is C#CC#CC#CC#CC#CC#CC#CC#CC#CC#CC#CN1/C(=C/C=C/C2=[N+](C#CC#CC#CC#CC#CC#CC#CC#CC#CC#CC#C)c3ccccc3C2(C)C)C(C)(C)c2cc(CNC(=O)CCCC(=O)N[C@@H](Cc3cc(CN(Cc4ccccn4)Cc4ccccn4)c(O)c(CN(Cc4ccccn4)Cc4ccccn4)c3)C(=O)OC)ccc21.[Zn+2].[Zn]. The molecule has 6 heterocycles. The summed E-state index contributed by atoms with van der Waals surface area (Å²) in [5, 5.41) is 18.4. The Bertz CT molecular complexity index is 6740. The van der Waals surface area contributed by atoms with E-state index in [-0.39, 0.29) is 95.9 Å². The molecule has 17 heteroatoms. The number of ether oxygens (including phenoxy) is 1. The van der Waals surface area contributed by atoms with E-state index >= 15 is 0 Å². The molecular formula is C109H71N10O5Zn2+3. The van der Waals surface area contributed by atoms with Crippen LogP contribution in [-0.2, 0) is 121 Å². The summed E-state index contributed by atoms with van der Waals surface area (Å²) in [6.07, 6.45) is 23.2. The number of aromatic nitrogens is 4. The predicted octanol–water partition coefficient (Wildman–Crippen LogP) is 9.92. The van der Waals surface area contributed by atoms with Gasteiger partial charge in [0, 0.05) is 292 Å². The third kappa shape index (κ3) is 31.9. The number of terminal acetylenes is 2. The number of anilines is 1. The second kappa shape index (κ2) is 53.4. The summed E-state index contributed by atoms with van der Waals surface area (Å²) in [7, 11) is 1.27. The number of phenolic OH excluding ortho intramolecular Hbond substituents is 1. The van der Waals surface area contributed by atoms with Crippen molar-refractivity contribution >= 4 is 34.9 Å². The number of fused-ring (bicyclic) bond motifs is 2. The molecule has 0 saturated carbocycles. The summed E-state index contributed by atoms with van der Waals surface area (Å²) in [5.41, 5.74) is 10.2. The van der Waals surface area contributed by atoms with Gasteiger partial charge in [-0.2, -0.15) is 0 Å². The van der Waals surface area contributed by atoms with Crippen molar-refractivity contribution in [2.45, 2.75) is 116 Å². The van der Waals surface area contributed by atoms with E-state index < -0.39 is 28.7 Å². The second-order valence-electron chi connectivity index (χ2n) is 27.2. The molecule has 126 heavy (non-hydrogen) atoms. The number of methoxy groups -OCH3 is 1. The molecule has 0 bridgehead atoms. The van der Waals surface area contributed by atoms with Crippen molar-refractivity contribution in [1.82, 2.24) is 40.4 Å². The maximum absolute atomic E-state index is 14.0. The Morgan fingerprint density at radius 3 is 1.29 bits per heavy atom. The van der Waals surface area contributed by atoms with Crippen LogP contribution < -0.4 is 15.5 Å². The summed E-state index contributed by atoms with van der Waals surface area (Å²) >= 11 is 0. The number of nitrogens with zero attached hydrogens (tertiary/aromatic N) is 8. The number of allylic oxidation sites excluding steroid dienone is 4. The fraction of sp³-hybridized carbons (Fsp3) is 0.174. The topological polar surface area (TPSA) is 169 Å². The molecule has 4 aromatic heterocycles. The van der Waals surface area contributed by atoms with Crippen LogP contribution in [0.2, 0.25) is 0 Å². The van der Waals surface area contributed by atoms with Crippen molar-refractivity contribution in [3.05, 3.63) is 232 Å². The molecule has 7 aromatic rings. The zero-order chi connectivity index (χ0) is 87.5. The van der Waals surface area contributed by atoms with Gasteiger partial charge in [0.25, 0.3) is 0 Å². The third-order valence-corrected chi connectivity index (χ3v) is 17.9. The first-order valence-electron chi connectivity index (χ1n) is 38.2. The van der Waals surface area contributed by atoms with Crippen molar-refractivity contribution in [2.24, 2.45) is 0 Å². The van der Waals surface area contributed by atoms with Gasteiger partial charge < -0.3 is 20.5 Å². The number of pyridine rings is 4. The maximum atomic E-state index is 14.0. The number of nitrogens with one attached hydrogen (secondary N) is 2. The van der Waals surface area contributed by atoms with Crippen LogP contribution in [0.15, 0.2) is 176 Å². The Labute approximate surface area is 765 Å². The van der Waals surface area contributed by atoms with Gasteiger partial charge in [-0.3, -0.25) is 44.2 Å². The van der Waals surface area contributed by atoms with Crippen LogP contribution >= 0.6 is 0 Å². The predicted molar refractivity (Wildman–Crippen MR) is 481 cm³/mol. The largest absolute Gasteiger partial charge is 2.00 e. The Morgan fingerprint density at radius 2 is 0.881 bits per heavy atom. The third-order valence-electron chi connectivity index (χ3n) is 17.9. The number of rotatable bonds is 24. The van der Waals surface area contributed by atoms with Crippen LogP contribution in [0, 0.1) is 262 Å². The number of carbonyl (C=O) groups excluding carboxylic acids is 3. The average molecular weight is 1730 g/mol. The summed E-state index contributed by atoms with van der Waals surface area (Å²) in [6, 6.07) is 46.0. The van der Waals surface area contributed by atoms with E-state index in [2.05, 4.69) is 323 Å². The number of esters is 1. The van der Waals surface area contributed by atoms with Gasteiger partial charge in [0.1, 0.15) is 11.8 Å². The van der Waals surface area contributed by atoms with E-state index in [0.29, 0.717) is 42.9 Å². The maximum Gasteiger partial charge on any atom is 2.00 e. The number of benzene rings is 3. The van der Waals surface area contributed by atoms with E-state index in [9.17, 15) is 19.5 Å². The molecular weight excluding hydrogens is 1660 g/mol. The number of amides is 2. The van der Waals surface area contributed by atoms with Gasteiger partial charge >= 0.3 is 25.4 Å². The quantitative estimate of drug-likeness (QED) is 0.0227. The minimum atomic E-state index is -1.13.